The van der Waals surface area contributed by atoms with Crippen molar-refractivity contribution in [3.8, 4) is 0 Å². The van der Waals surface area contributed by atoms with Gasteiger partial charge in [0.15, 0.2) is 0 Å². The maximum absolute atomic E-state index is 11.3. The fourth-order valence-corrected chi connectivity index (χ4v) is 3.01. The summed E-state index contributed by atoms with van der Waals surface area (Å²) in [5.41, 5.74) is 1.82. The molecule has 3 N–H and O–H groups in total. The maximum atomic E-state index is 11.3. The zero-order valence-corrected chi connectivity index (χ0v) is 13.3. The van der Waals surface area contributed by atoms with E-state index in [9.17, 15) is 4.79 Å². The number of rotatable bonds is 5. The van der Waals surface area contributed by atoms with E-state index in [0.29, 0.717) is 12.0 Å². The molecule has 0 bridgehead atoms. The zero-order valence-electron chi connectivity index (χ0n) is 12.5. The van der Waals surface area contributed by atoms with E-state index in [1.54, 1.807) is 18.4 Å². The Labute approximate surface area is 129 Å². The minimum Gasteiger partial charge on any atom is -0.377 e. The summed E-state index contributed by atoms with van der Waals surface area (Å²) in [5.74, 6) is 0.493. The van der Waals surface area contributed by atoms with Gasteiger partial charge in [-0.1, -0.05) is 19.9 Å². The Balaban J connectivity index is 2.06. The van der Waals surface area contributed by atoms with Crippen LogP contribution in [0.15, 0.2) is 41.8 Å². The molecule has 0 spiro atoms. The lowest BCUT2D eigenvalue weighted by atomic mass is 10.0. The minimum atomic E-state index is -0.214. The average molecular weight is 303 g/mol. The summed E-state index contributed by atoms with van der Waals surface area (Å²) in [6, 6.07) is 12.1. The van der Waals surface area contributed by atoms with E-state index in [0.717, 1.165) is 11.4 Å². The van der Waals surface area contributed by atoms with E-state index in [1.165, 1.54) is 4.88 Å². The molecular formula is C16H21N3OS. The van der Waals surface area contributed by atoms with Gasteiger partial charge in [0.1, 0.15) is 0 Å². The van der Waals surface area contributed by atoms with E-state index >= 15 is 0 Å². The standard InChI is InChI=1S/C16H21N3OS/c1-11(2)15(14-5-4-10-21-14)18-12-6-8-13(9-7-12)19-16(20)17-3/h4-11,15,18H,1-3H3,(H2,17,19,20). The molecule has 4 nitrogen and oxygen atoms in total. The van der Waals surface area contributed by atoms with E-state index in [-0.39, 0.29) is 6.03 Å². The Kier molecular flexibility index (Phi) is 5.22. The predicted octanol–water partition coefficient (Wildman–Crippen LogP) is 4.31. The number of hydrogen-bond acceptors (Lipinski definition) is 3. The van der Waals surface area contributed by atoms with Gasteiger partial charge in [-0.3, -0.25) is 0 Å². The van der Waals surface area contributed by atoms with Gasteiger partial charge in [-0.05, 0) is 41.6 Å². The second-order valence-corrected chi connectivity index (χ2v) is 6.14. The Bertz CT molecular complexity index is 564. The van der Waals surface area contributed by atoms with E-state index in [4.69, 9.17) is 0 Å². The van der Waals surface area contributed by atoms with Crippen molar-refractivity contribution in [1.82, 2.24) is 5.32 Å². The summed E-state index contributed by atoms with van der Waals surface area (Å²) in [6.07, 6.45) is 0. The molecule has 1 aromatic heterocycles. The third-order valence-corrected chi connectivity index (χ3v) is 4.16. The van der Waals surface area contributed by atoms with Crippen LogP contribution in [-0.4, -0.2) is 13.1 Å². The molecule has 0 aliphatic heterocycles. The molecule has 2 amide bonds. The molecule has 1 atom stereocenters. The van der Waals surface area contributed by atoms with Crippen LogP contribution >= 0.6 is 11.3 Å². The monoisotopic (exact) mass is 303 g/mol. The van der Waals surface area contributed by atoms with Gasteiger partial charge in [-0.15, -0.1) is 11.3 Å². The van der Waals surface area contributed by atoms with Gasteiger partial charge in [0, 0.05) is 23.3 Å². The van der Waals surface area contributed by atoms with Crippen LogP contribution < -0.4 is 16.0 Å². The first-order valence-corrected chi connectivity index (χ1v) is 7.87. The van der Waals surface area contributed by atoms with Gasteiger partial charge >= 0.3 is 6.03 Å². The molecule has 1 heterocycles. The Morgan fingerprint density at radius 1 is 1.10 bits per heavy atom. The normalized spacial score (nSPS) is 12.0. The lowest BCUT2D eigenvalue weighted by molar-refractivity contribution is 0.254. The number of benzene rings is 1. The number of nitrogens with one attached hydrogen (secondary N) is 3. The Hall–Kier alpha value is -2.01. The van der Waals surface area contributed by atoms with Crippen LogP contribution in [0, 0.1) is 5.92 Å². The number of amides is 2. The lowest BCUT2D eigenvalue weighted by Crippen LogP contribution is -2.24. The van der Waals surface area contributed by atoms with Crippen molar-refractivity contribution in [3.05, 3.63) is 46.7 Å². The quantitative estimate of drug-likeness (QED) is 0.771. The van der Waals surface area contributed by atoms with Gasteiger partial charge in [-0.2, -0.15) is 0 Å². The molecule has 0 aliphatic carbocycles. The van der Waals surface area contributed by atoms with Gasteiger partial charge in [0.2, 0.25) is 0 Å². The molecule has 1 unspecified atom stereocenters. The summed E-state index contributed by atoms with van der Waals surface area (Å²) >= 11 is 1.77. The molecule has 0 aliphatic rings. The summed E-state index contributed by atoms with van der Waals surface area (Å²) in [7, 11) is 1.60. The third kappa shape index (κ3) is 4.23. The van der Waals surface area contributed by atoms with E-state index in [2.05, 4.69) is 47.3 Å². The first-order valence-electron chi connectivity index (χ1n) is 6.99. The number of carbonyl (C=O) groups excluding carboxylic acids is 1. The fourth-order valence-electron chi connectivity index (χ4n) is 2.06. The highest BCUT2D eigenvalue weighted by Gasteiger charge is 2.16. The Morgan fingerprint density at radius 2 is 1.76 bits per heavy atom. The summed E-state index contributed by atoms with van der Waals surface area (Å²) < 4.78 is 0. The molecule has 5 heteroatoms. The van der Waals surface area contributed by atoms with Crippen LogP contribution in [0.5, 0.6) is 0 Å². The third-order valence-electron chi connectivity index (χ3n) is 3.21. The number of anilines is 2. The summed E-state index contributed by atoms with van der Waals surface area (Å²) in [5, 5.41) is 10.9. The molecule has 0 saturated carbocycles. The molecule has 2 aromatic rings. The maximum Gasteiger partial charge on any atom is 0.318 e. The first-order chi connectivity index (χ1) is 10.1. The van der Waals surface area contributed by atoms with Crippen LogP contribution in [0.2, 0.25) is 0 Å². The van der Waals surface area contributed by atoms with Crippen LogP contribution in [0.1, 0.15) is 24.8 Å². The SMILES string of the molecule is CNC(=O)Nc1ccc(NC(c2cccs2)C(C)C)cc1. The summed E-state index contributed by atoms with van der Waals surface area (Å²) in [4.78, 5) is 12.6. The average Bonchev–Trinajstić information content (AvgIpc) is 2.99. The fraction of sp³-hybridized carbons (Fsp3) is 0.312. The summed E-state index contributed by atoms with van der Waals surface area (Å²) in [6.45, 7) is 4.41. The van der Waals surface area contributed by atoms with Crippen LogP contribution in [0.3, 0.4) is 0 Å². The first kappa shape index (κ1) is 15.4. The number of thiophene rings is 1. The molecule has 21 heavy (non-hydrogen) atoms. The minimum absolute atomic E-state index is 0.214. The molecule has 0 fully saturated rings. The van der Waals surface area contributed by atoms with Crippen LogP contribution in [0.25, 0.3) is 0 Å². The van der Waals surface area contributed by atoms with Gasteiger partial charge in [0.05, 0.1) is 6.04 Å². The number of hydrogen-bond donors (Lipinski definition) is 3. The van der Waals surface area contributed by atoms with Crippen molar-refractivity contribution in [2.75, 3.05) is 17.7 Å². The highest BCUT2D eigenvalue weighted by atomic mass is 32.1. The van der Waals surface area contributed by atoms with Crippen molar-refractivity contribution in [1.29, 1.82) is 0 Å². The van der Waals surface area contributed by atoms with E-state index < -0.39 is 0 Å². The number of carbonyl (C=O) groups is 1. The molecular weight excluding hydrogens is 282 g/mol. The molecule has 2 rings (SSSR count). The Morgan fingerprint density at radius 3 is 2.29 bits per heavy atom. The molecule has 0 saturated heterocycles. The highest BCUT2D eigenvalue weighted by molar-refractivity contribution is 7.10. The van der Waals surface area contributed by atoms with E-state index in [1.807, 2.05) is 24.3 Å². The molecule has 1 aromatic carbocycles. The second kappa shape index (κ2) is 7.13. The molecule has 112 valence electrons. The topological polar surface area (TPSA) is 53.2 Å². The van der Waals surface area contributed by atoms with Gasteiger partial charge in [-0.25, -0.2) is 4.79 Å². The highest BCUT2D eigenvalue weighted by Crippen LogP contribution is 2.30. The van der Waals surface area contributed by atoms with Crippen molar-refractivity contribution in [2.24, 2.45) is 5.92 Å². The van der Waals surface area contributed by atoms with Gasteiger partial charge < -0.3 is 16.0 Å². The van der Waals surface area contributed by atoms with Crippen LogP contribution in [0.4, 0.5) is 16.2 Å². The van der Waals surface area contributed by atoms with Crippen LogP contribution in [-0.2, 0) is 0 Å². The predicted molar refractivity (Wildman–Crippen MR) is 90.0 cm³/mol. The zero-order chi connectivity index (χ0) is 15.2. The lowest BCUT2D eigenvalue weighted by Gasteiger charge is -2.22. The van der Waals surface area contributed by atoms with Crippen molar-refractivity contribution in [2.45, 2.75) is 19.9 Å². The number of urea groups is 1. The van der Waals surface area contributed by atoms with Crippen molar-refractivity contribution < 1.29 is 4.79 Å². The smallest absolute Gasteiger partial charge is 0.318 e. The van der Waals surface area contributed by atoms with Crippen molar-refractivity contribution in [3.63, 3.8) is 0 Å². The van der Waals surface area contributed by atoms with Crippen molar-refractivity contribution >= 4 is 28.7 Å². The molecule has 0 radical (unpaired) electrons. The largest absolute Gasteiger partial charge is 0.377 e. The second-order valence-electron chi connectivity index (χ2n) is 5.16. The van der Waals surface area contributed by atoms with Gasteiger partial charge in [0.25, 0.3) is 0 Å².